The molecule has 1 aromatic rings. The van der Waals surface area contributed by atoms with Gasteiger partial charge in [0.05, 0.1) is 4.92 Å². The van der Waals surface area contributed by atoms with Gasteiger partial charge in [-0.15, -0.1) is 12.4 Å². The fraction of sp³-hybridized carbons (Fsp3) is 0.455. The molecule has 4 nitrogen and oxygen atoms in total. The molecule has 1 heterocycles. The highest BCUT2D eigenvalue weighted by Crippen LogP contribution is 2.31. The average molecular weight is 277 g/mol. The summed E-state index contributed by atoms with van der Waals surface area (Å²) < 4.78 is 0. The number of nitro groups is 1. The van der Waals surface area contributed by atoms with E-state index in [-0.39, 0.29) is 29.1 Å². The maximum absolute atomic E-state index is 10.7. The Morgan fingerprint density at radius 1 is 1.41 bits per heavy atom. The number of piperidine rings is 1. The van der Waals surface area contributed by atoms with E-state index < -0.39 is 0 Å². The summed E-state index contributed by atoms with van der Waals surface area (Å²) in [5.74, 6) is 0. The van der Waals surface area contributed by atoms with Crippen molar-refractivity contribution < 1.29 is 4.92 Å². The van der Waals surface area contributed by atoms with Crippen LogP contribution in [0.4, 0.5) is 5.69 Å². The van der Waals surface area contributed by atoms with Crippen LogP contribution in [-0.4, -0.2) is 11.5 Å². The summed E-state index contributed by atoms with van der Waals surface area (Å²) in [5.41, 5.74) is 0.947. The van der Waals surface area contributed by atoms with Gasteiger partial charge in [0.15, 0.2) is 0 Å². The van der Waals surface area contributed by atoms with Gasteiger partial charge in [0.25, 0.3) is 5.69 Å². The van der Waals surface area contributed by atoms with Crippen molar-refractivity contribution in [2.24, 2.45) is 0 Å². The SMILES string of the molecule is Cl.O=[N+]([O-])c1ccc(Cl)c([C@H]2CCCCN2)c1. The number of benzene rings is 1. The van der Waals surface area contributed by atoms with Gasteiger partial charge in [-0.25, -0.2) is 0 Å². The zero-order valence-electron chi connectivity index (χ0n) is 9.19. The molecule has 0 bridgehead atoms. The number of non-ortho nitro benzene ring substituents is 1. The molecule has 0 aromatic heterocycles. The standard InChI is InChI=1S/C11H13ClN2O2.ClH/c12-10-5-4-8(14(15)16)7-9(10)11-3-1-2-6-13-11;/h4-5,7,11,13H,1-3,6H2;1H/t11-;/m1./s1. The number of hydrogen-bond donors (Lipinski definition) is 1. The van der Waals surface area contributed by atoms with Crippen molar-refractivity contribution in [2.45, 2.75) is 25.3 Å². The second kappa shape index (κ2) is 6.19. The molecule has 0 amide bonds. The monoisotopic (exact) mass is 276 g/mol. The zero-order valence-corrected chi connectivity index (χ0v) is 10.8. The fourth-order valence-electron chi connectivity index (χ4n) is 2.03. The van der Waals surface area contributed by atoms with E-state index in [4.69, 9.17) is 11.6 Å². The molecule has 94 valence electrons. The van der Waals surface area contributed by atoms with Crippen LogP contribution in [0.15, 0.2) is 18.2 Å². The largest absolute Gasteiger partial charge is 0.310 e. The van der Waals surface area contributed by atoms with E-state index in [1.165, 1.54) is 6.07 Å². The highest BCUT2D eigenvalue weighted by molar-refractivity contribution is 6.31. The maximum atomic E-state index is 10.7. The van der Waals surface area contributed by atoms with Crippen molar-refractivity contribution in [3.63, 3.8) is 0 Å². The lowest BCUT2D eigenvalue weighted by Crippen LogP contribution is -2.27. The van der Waals surface area contributed by atoms with Crippen LogP contribution in [0.3, 0.4) is 0 Å². The van der Waals surface area contributed by atoms with Gasteiger partial charge in [-0.3, -0.25) is 10.1 Å². The molecule has 1 atom stereocenters. The summed E-state index contributed by atoms with van der Waals surface area (Å²) in [7, 11) is 0. The normalized spacial score (nSPS) is 19.5. The van der Waals surface area contributed by atoms with Gasteiger partial charge < -0.3 is 5.32 Å². The zero-order chi connectivity index (χ0) is 11.5. The van der Waals surface area contributed by atoms with E-state index in [1.807, 2.05) is 0 Å². The van der Waals surface area contributed by atoms with Gasteiger partial charge in [0.2, 0.25) is 0 Å². The first kappa shape index (κ1) is 14.2. The van der Waals surface area contributed by atoms with Gasteiger partial charge in [-0.2, -0.15) is 0 Å². The van der Waals surface area contributed by atoms with Gasteiger partial charge in [0, 0.05) is 23.2 Å². The summed E-state index contributed by atoms with van der Waals surface area (Å²) in [4.78, 5) is 10.3. The smallest absolute Gasteiger partial charge is 0.269 e. The third-order valence-electron chi connectivity index (χ3n) is 2.88. The maximum Gasteiger partial charge on any atom is 0.269 e. The molecule has 0 unspecified atom stereocenters. The van der Waals surface area contributed by atoms with Crippen LogP contribution in [0.1, 0.15) is 30.9 Å². The quantitative estimate of drug-likeness (QED) is 0.665. The third-order valence-corrected chi connectivity index (χ3v) is 3.22. The predicted molar refractivity (Wildman–Crippen MR) is 69.9 cm³/mol. The lowest BCUT2D eigenvalue weighted by molar-refractivity contribution is -0.384. The molecule has 2 rings (SSSR count). The molecule has 1 N–H and O–H groups in total. The second-order valence-corrected chi connectivity index (χ2v) is 4.37. The summed E-state index contributed by atoms with van der Waals surface area (Å²) in [6.07, 6.45) is 3.28. The van der Waals surface area contributed by atoms with E-state index in [1.54, 1.807) is 12.1 Å². The Balaban J connectivity index is 0.00000144. The predicted octanol–water partition coefficient (Wildman–Crippen LogP) is 3.48. The molecule has 6 heteroatoms. The van der Waals surface area contributed by atoms with Crippen LogP contribution < -0.4 is 5.32 Å². The van der Waals surface area contributed by atoms with Crippen molar-refractivity contribution in [3.8, 4) is 0 Å². The fourth-order valence-corrected chi connectivity index (χ4v) is 2.28. The van der Waals surface area contributed by atoms with Crippen LogP contribution in [0.5, 0.6) is 0 Å². The molecule has 17 heavy (non-hydrogen) atoms. The molecule has 0 spiro atoms. The van der Waals surface area contributed by atoms with Crippen molar-refractivity contribution in [2.75, 3.05) is 6.54 Å². The molecule has 1 aliphatic heterocycles. The van der Waals surface area contributed by atoms with Crippen LogP contribution >= 0.6 is 24.0 Å². The first-order valence-electron chi connectivity index (χ1n) is 5.35. The topological polar surface area (TPSA) is 55.2 Å². The number of nitro benzene ring substituents is 1. The Kier molecular flexibility index (Phi) is 5.18. The second-order valence-electron chi connectivity index (χ2n) is 3.97. The summed E-state index contributed by atoms with van der Waals surface area (Å²) in [5, 5.41) is 14.6. The minimum absolute atomic E-state index is 0. The molecule has 1 aliphatic rings. The average Bonchev–Trinajstić information content (AvgIpc) is 2.30. The van der Waals surface area contributed by atoms with Crippen LogP contribution in [0.25, 0.3) is 0 Å². The number of rotatable bonds is 2. The Morgan fingerprint density at radius 3 is 2.76 bits per heavy atom. The van der Waals surface area contributed by atoms with Crippen LogP contribution in [0.2, 0.25) is 5.02 Å². The van der Waals surface area contributed by atoms with Gasteiger partial charge >= 0.3 is 0 Å². The van der Waals surface area contributed by atoms with E-state index in [0.29, 0.717) is 5.02 Å². The van der Waals surface area contributed by atoms with Crippen LogP contribution in [0, 0.1) is 10.1 Å². The Hall–Kier alpha value is -0.840. The number of halogens is 2. The van der Waals surface area contributed by atoms with Gasteiger partial charge in [0.1, 0.15) is 0 Å². The van der Waals surface area contributed by atoms with Gasteiger partial charge in [-0.05, 0) is 31.0 Å². The summed E-state index contributed by atoms with van der Waals surface area (Å²) >= 11 is 6.07. The Labute approximate surface area is 111 Å². The van der Waals surface area contributed by atoms with Gasteiger partial charge in [-0.1, -0.05) is 18.0 Å². The molecule has 1 aromatic carbocycles. The number of nitrogens with zero attached hydrogens (tertiary/aromatic N) is 1. The van der Waals surface area contributed by atoms with E-state index in [2.05, 4.69) is 5.32 Å². The molecular weight excluding hydrogens is 263 g/mol. The first-order chi connectivity index (χ1) is 7.68. The highest BCUT2D eigenvalue weighted by Gasteiger charge is 2.19. The first-order valence-corrected chi connectivity index (χ1v) is 5.73. The molecular formula is C11H14Cl2N2O2. The van der Waals surface area contributed by atoms with Crippen molar-refractivity contribution >= 4 is 29.7 Å². The number of hydrogen-bond acceptors (Lipinski definition) is 3. The lowest BCUT2D eigenvalue weighted by Gasteiger charge is -2.24. The molecule has 0 saturated carbocycles. The summed E-state index contributed by atoms with van der Waals surface area (Å²) in [6, 6.07) is 4.77. The van der Waals surface area contributed by atoms with E-state index >= 15 is 0 Å². The molecule has 1 fully saturated rings. The molecule has 0 radical (unpaired) electrons. The Morgan fingerprint density at radius 2 is 2.18 bits per heavy atom. The molecule has 1 saturated heterocycles. The minimum Gasteiger partial charge on any atom is -0.310 e. The Bertz CT molecular complexity index is 406. The summed E-state index contributed by atoms with van der Waals surface area (Å²) in [6.45, 7) is 0.948. The van der Waals surface area contributed by atoms with Crippen LogP contribution in [-0.2, 0) is 0 Å². The van der Waals surface area contributed by atoms with Crippen molar-refractivity contribution in [1.29, 1.82) is 0 Å². The third kappa shape index (κ3) is 3.31. The van der Waals surface area contributed by atoms with E-state index in [0.717, 1.165) is 31.4 Å². The minimum atomic E-state index is -0.386. The van der Waals surface area contributed by atoms with Crippen molar-refractivity contribution in [3.05, 3.63) is 38.9 Å². The highest BCUT2D eigenvalue weighted by atomic mass is 35.5. The van der Waals surface area contributed by atoms with Crippen molar-refractivity contribution in [1.82, 2.24) is 5.32 Å². The van der Waals surface area contributed by atoms with E-state index in [9.17, 15) is 10.1 Å². The lowest BCUT2D eigenvalue weighted by atomic mass is 9.97. The molecule has 0 aliphatic carbocycles. The number of nitrogens with one attached hydrogen (secondary N) is 1.